The Balaban J connectivity index is 1.20. The normalized spacial score (nSPS) is 22.8. The smallest absolute Gasteiger partial charge is 0.388 e. The number of fused-ring (bicyclic) bond motifs is 2. The lowest BCUT2D eigenvalue weighted by atomic mass is 10.1. The van der Waals surface area contributed by atoms with Crippen LogP contribution in [-0.4, -0.2) is 135 Å². The van der Waals surface area contributed by atoms with Crippen LogP contribution in [0.2, 0.25) is 0 Å². The van der Waals surface area contributed by atoms with Crippen LogP contribution in [0.3, 0.4) is 0 Å². The van der Waals surface area contributed by atoms with Gasteiger partial charge in [0.2, 0.25) is 0 Å². The molecule has 26 heteroatoms. The van der Waals surface area contributed by atoms with E-state index < -0.39 is 89.5 Å². The van der Waals surface area contributed by atoms with E-state index in [9.17, 15) is 54.0 Å². The number of aliphatic hydroxyl groups excluding tert-OH is 5. The Morgan fingerprint density at radius 3 is 2.41 bits per heavy atom. The number of benzene rings is 1. The maximum atomic E-state index is 12.6. The first-order chi connectivity index (χ1) is 25.2. The minimum absolute atomic E-state index is 0.0399. The molecule has 3 aliphatic rings. The number of aliphatic imine (C=N–C) groups is 1. The van der Waals surface area contributed by atoms with Gasteiger partial charge in [-0.05, 0) is 43.8 Å². The second-order valence-electron chi connectivity index (χ2n) is 12.2. The molecule has 24 nitrogen and oxygen atoms in total. The van der Waals surface area contributed by atoms with Gasteiger partial charge in [-0.2, -0.15) is 9.29 Å². The van der Waals surface area contributed by atoms with Crippen molar-refractivity contribution in [2.75, 3.05) is 30.9 Å². The highest BCUT2D eigenvalue weighted by atomic mass is 31.3. The molecule has 1 aromatic heterocycles. The molecule has 0 spiro atoms. The number of hydrogen-bond acceptors (Lipinski definition) is 20. The van der Waals surface area contributed by atoms with Crippen molar-refractivity contribution < 1.29 is 62.5 Å². The molecule has 1 fully saturated rings. The fraction of sp³-hybridized carbons (Fsp3) is 0.464. The molecule has 0 aliphatic carbocycles. The number of aromatic amines is 1. The average Bonchev–Trinajstić information content (AvgIpc) is 3.38. The fourth-order valence-electron chi connectivity index (χ4n) is 5.50. The summed E-state index contributed by atoms with van der Waals surface area (Å²) < 4.78 is 45.4. The van der Waals surface area contributed by atoms with Crippen molar-refractivity contribution >= 4 is 50.7 Å². The zero-order valence-electron chi connectivity index (χ0n) is 28.6. The van der Waals surface area contributed by atoms with Crippen molar-refractivity contribution in [3.05, 3.63) is 50.4 Å². The molecular weight excluding hydrogens is 764 g/mol. The van der Waals surface area contributed by atoms with E-state index in [4.69, 9.17) is 15.0 Å². The molecule has 294 valence electrons. The van der Waals surface area contributed by atoms with Crippen molar-refractivity contribution in [1.29, 1.82) is 0 Å². The van der Waals surface area contributed by atoms with E-state index in [0.29, 0.717) is 5.52 Å². The van der Waals surface area contributed by atoms with E-state index in [1.807, 2.05) is 4.98 Å². The summed E-state index contributed by atoms with van der Waals surface area (Å²) in [7, 11) is -9.65. The first kappa shape index (κ1) is 41.0. The molecule has 0 bridgehead atoms. The second-order valence-corrected chi connectivity index (χ2v) is 15.2. The Kier molecular flexibility index (Phi) is 12.1. The number of nitrogens with one attached hydrogen (secondary N) is 1. The first-order valence-electron chi connectivity index (χ1n) is 15.7. The summed E-state index contributed by atoms with van der Waals surface area (Å²) in [4.78, 5) is 67.6. The van der Waals surface area contributed by atoms with Crippen molar-refractivity contribution in [3.8, 4) is 11.5 Å². The minimum Gasteiger partial charge on any atom is -0.388 e. The fourth-order valence-corrected chi connectivity index (χ4v) is 7.60. The summed E-state index contributed by atoms with van der Waals surface area (Å²) in [6.45, 7) is 4.15. The van der Waals surface area contributed by atoms with Crippen molar-refractivity contribution in [3.63, 3.8) is 0 Å². The Hall–Kier alpha value is -4.13. The van der Waals surface area contributed by atoms with Crippen LogP contribution in [0.15, 0.2) is 33.0 Å². The minimum atomic E-state index is -5.55. The average molecular weight is 802 g/mol. The SMILES string of the molecule is C=Nc1c(N)ncnc1N(C)[C@@H]1O[C@H](COP(=O)(O)OP(=O)(O)OC[C@@H](O)[C@@H](O)[C@@H](O)Cn2c3nc(=O)[nH]c(=O)c-3nc3cc(C)c(C)cc32)C(O)C1O. The highest BCUT2D eigenvalue weighted by Gasteiger charge is 2.47. The zero-order valence-corrected chi connectivity index (χ0v) is 30.4. The molecule has 4 unspecified atom stereocenters. The number of nitrogens with zero attached hydrogens (tertiary/aromatic N) is 7. The molecule has 0 radical (unpaired) electrons. The number of nitrogens with two attached hydrogens (primary N) is 1. The van der Waals surface area contributed by atoms with Crippen LogP contribution in [0.1, 0.15) is 11.1 Å². The van der Waals surface area contributed by atoms with Gasteiger partial charge in [-0.15, -0.1) is 0 Å². The molecule has 10 N–H and O–H groups in total. The molecule has 1 aromatic carbocycles. The number of ether oxygens (including phenoxy) is 1. The van der Waals surface area contributed by atoms with Crippen molar-refractivity contribution in [2.24, 2.45) is 4.99 Å². The van der Waals surface area contributed by atoms with Gasteiger partial charge < -0.3 is 55.3 Å². The summed E-state index contributed by atoms with van der Waals surface area (Å²) >= 11 is 0. The second kappa shape index (κ2) is 15.9. The van der Waals surface area contributed by atoms with Crippen LogP contribution in [-0.2, 0) is 33.8 Å². The lowest BCUT2D eigenvalue weighted by Crippen LogP contribution is -2.42. The third kappa shape index (κ3) is 8.71. The molecule has 54 heavy (non-hydrogen) atoms. The number of anilines is 2. The molecule has 9 atom stereocenters. The summed E-state index contributed by atoms with van der Waals surface area (Å²) in [6, 6.07) is 3.29. The Morgan fingerprint density at radius 2 is 1.72 bits per heavy atom. The molecule has 3 aliphatic heterocycles. The number of aromatic nitrogens is 6. The van der Waals surface area contributed by atoms with Gasteiger partial charge in [-0.3, -0.25) is 23.8 Å². The van der Waals surface area contributed by atoms with Crippen molar-refractivity contribution in [1.82, 2.24) is 29.5 Å². The number of phosphoric acid groups is 2. The number of aliphatic hydroxyl groups is 5. The standard InChI is InChI=1S/C28H37N9O15P2/c1-11-5-13-14(6-12(11)2)37(25-19(33-13)26(43)35-28(44)34-25)7-15(38)20(40)16(39)8-49-53(45,46)52-54(47,48)50-9-17-21(41)22(42)27(51-17)36(4)24-18(30-3)23(29)31-10-32-24/h5-6,10,15-17,20-22,27,38-42H,3,7-9H2,1-2,4H3,(H,45,46)(H,47,48)(H2,29,31,32)(H,35,43,44)/t15-,16+,17+,20-,21?,22?,27+/m0/s1. The molecule has 0 saturated carbocycles. The monoisotopic (exact) mass is 801 g/mol. The van der Waals surface area contributed by atoms with Crippen molar-refractivity contribution in [2.45, 2.75) is 63.2 Å². The van der Waals surface area contributed by atoms with Gasteiger partial charge in [0.1, 0.15) is 48.6 Å². The van der Waals surface area contributed by atoms with Gasteiger partial charge in [0.05, 0.1) is 30.8 Å². The molecule has 4 heterocycles. The topological polar surface area (TPSA) is 361 Å². The summed E-state index contributed by atoms with van der Waals surface area (Å²) in [5.41, 5.74) is 5.84. The highest BCUT2D eigenvalue weighted by molar-refractivity contribution is 7.61. The number of H-pyrrole nitrogens is 1. The molecule has 5 rings (SSSR count). The predicted octanol–water partition coefficient (Wildman–Crippen LogP) is -2.18. The molecule has 1 saturated heterocycles. The van der Waals surface area contributed by atoms with E-state index >= 15 is 0 Å². The van der Waals surface area contributed by atoms with Crippen LogP contribution in [0.4, 0.5) is 17.3 Å². The number of rotatable bonds is 15. The summed E-state index contributed by atoms with van der Waals surface area (Å²) in [5, 5.41) is 53.1. The summed E-state index contributed by atoms with van der Waals surface area (Å²) in [5.74, 6) is -0.236. The number of likely N-dealkylation sites (N-methyl/N-ethyl adjacent to an activating group) is 1. The van der Waals surface area contributed by atoms with E-state index in [2.05, 4.69) is 40.5 Å². The van der Waals surface area contributed by atoms with Crippen LogP contribution in [0.25, 0.3) is 22.6 Å². The third-order valence-electron chi connectivity index (χ3n) is 8.44. The maximum Gasteiger partial charge on any atom is 0.481 e. The Labute approximate surface area is 303 Å². The quantitative estimate of drug-likeness (QED) is 0.0350. The van der Waals surface area contributed by atoms with Crippen LogP contribution < -0.4 is 21.9 Å². The predicted molar refractivity (Wildman–Crippen MR) is 186 cm³/mol. The lowest BCUT2D eigenvalue weighted by Gasteiger charge is -2.28. The van der Waals surface area contributed by atoms with Gasteiger partial charge in [0, 0.05) is 7.05 Å². The van der Waals surface area contributed by atoms with Gasteiger partial charge in [0.15, 0.2) is 29.4 Å². The number of hydrogen-bond donors (Lipinski definition) is 9. The van der Waals surface area contributed by atoms with E-state index in [1.54, 1.807) is 26.0 Å². The third-order valence-corrected chi connectivity index (χ3v) is 11.0. The molecule has 2 aromatic rings. The lowest BCUT2D eigenvalue weighted by molar-refractivity contribution is -0.0793. The maximum absolute atomic E-state index is 12.6. The highest BCUT2D eigenvalue weighted by Crippen LogP contribution is 2.60. The van der Waals surface area contributed by atoms with E-state index in [-0.39, 0.29) is 34.4 Å². The Bertz CT molecular complexity index is 2220. The molecule has 0 amide bonds. The van der Waals surface area contributed by atoms with Crippen LogP contribution >= 0.6 is 15.6 Å². The number of aryl methyl sites for hydroxylation is 2. The van der Waals surface area contributed by atoms with Gasteiger partial charge in [-0.25, -0.2) is 28.9 Å². The number of phosphoric ester groups is 2. The largest absolute Gasteiger partial charge is 0.481 e. The van der Waals surface area contributed by atoms with Crippen LogP contribution in [0, 0.1) is 13.8 Å². The Morgan fingerprint density at radius 1 is 1.06 bits per heavy atom. The van der Waals surface area contributed by atoms with E-state index in [1.165, 1.54) is 16.5 Å². The van der Waals surface area contributed by atoms with Crippen LogP contribution in [0.5, 0.6) is 0 Å². The van der Waals surface area contributed by atoms with Gasteiger partial charge in [-0.1, -0.05) is 0 Å². The first-order valence-corrected chi connectivity index (χ1v) is 18.7. The molecular formula is C28H37N9O15P2. The van der Waals surface area contributed by atoms with Gasteiger partial charge >= 0.3 is 21.3 Å². The van der Waals surface area contributed by atoms with E-state index in [0.717, 1.165) is 17.5 Å². The number of nitrogen functional groups attached to an aromatic ring is 1. The van der Waals surface area contributed by atoms with Gasteiger partial charge in [0.25, 0.3) is 5.56 Å². The zero-order chi connectivity index (χ0) is 39.9. The summed E-state index contributed by atoms with van der Waals surface area (Å²) in [6.07, 6.45) is -11.2.